The minimum absolute atomic E-state index is 0. The Balaban J connectivity index is 0.00000304. The van der Waals surface area contributed by atoms with Gasteiger partial charge in [-0.3, -0.25) is 9.36 Å². The molecule has 0 aliphatic carbocycles. The number of fused-ring (bicyclic) bond motifs is 1. The highest BCUT2D eigenvalue weighted by Crippen LogP contribution is 2.44. The number of thiazole rings is 1. The number of carbonyl (C=O) groups is 1. The standard InChI is InChI=1S/C27H23N3O3S2.BrH/c1-3-30-23(35-24(25(30)31)26-28(2)21-9-4-5-10-22(21)34-26)16-20-8-6-7-15-29(20)17-18-11-13-19(14-12-18)27(32)33;/h4-16H,3,17H2,1-2H3;1H/b26-24+;. The summed E-state index contributed by atoms with van der Waals surface area (Å²) in [6, 6.07) is 21.1. The molecule has 0 amide bonds. The zero-order valence-corrected chi connectivity index (χ0v) is 22.9. The number of halogens is 1. The first-order valence-electron chi connectivity index (χ1n) is 11.2. The quantitative estimate of drug-likeness (QED) is 0.339. The second-order valence-corrected chi connectivity index (χ2v) is 10.2. The van der Waals surface area contributed by atoms with E-state index in [-0.39, 0.29) is 28.1 Å². The Labute approximate surface area is 227 Å². The molecular weight excluding hydrogens is 558 g/mol. The number of para-hydroxylation sites is 1. The number of aromatic carboxylic acids is 1. The Kier molecular flexibility index (Phi) is 7.82. The summed E-state index contributed by atoms with van der Waals surface area (Å²) in [6.45, 7) is 3.16. The van der Waals surface area contributed by atoms with Crippen LogP contribution in [0.2, 0.25) is 0 Å². The lowest BCUT2D eigenvalue weighted by Gasteiger charge is -2.11. The molecule has 1 aliphatic heterocycles. The van der Waals surface area contributed by atoms with Gasteiger partial charge in [0.25, 0.3) is 5.56 Å². The molecular formula is C27H24BrN3O3S2. The number of pyridine rings is 1. The van der Waals surface area contributed by atoms with Crippen LogP contribution in [0, 0.1) is 0 Å². The molecule has 2 aromatic heterocycles. The Morgan fingerprint density at radius 2 is 1.78 bits per heavy atom. The van der Waals surface area contributed by atoms with E-state index < -0.39 is 5.97 Å². The highest BCUT2D eigenvalue weighted by molar-refractivity contribution is 8.08. The van der Waals surface area contributed by atoms with Crippen LogP contribution in [0.5, 0.6) is 0 Å². The molecule has 0 saturated heterocycles. The minimum Gasteiger partial charge on any atom is -1.00 e. The van der Waals surface area contributed by atoms with Gasteiger partial charge < -0.3 is 27.0 Å². The van der Waals surface area contributed by atoms with Crippen LogP contribution in [0.15, 0.2) is 82.6 Å². The van der Waals surface area contributed by atoms with Crippen LogP contribution in [-0.4, -0.2) is 22.7 Å². The number of thioether (sulfide) groups is 1. The van der Waals surface area contributed by atoms with Gasteiger partial charge in [0.1, 0.15) is 14.2 Å². The smallest absolute Gasteiger partial charge is 0.335 e. The summed E-state index contributed by atoms with van der Waals surface area (Å²) in [5, 5.41) is 10.1. The summed E-state index contributed by atoms with van der Waals surface area (Å²) >= 11 is 3.15. The lowest BCUT2D eigenvalue weighted by Crippen LogP contribution is -3.00. The lowest BCUT2D eigenvalue weighted by atomic mass is 10.1. The Bertz CT molecular complexity index is 1610. The first-order valence-corrected chi connectivity index (χ1v) is 12.9. The van der Waals surface area contributed by atoms with E-state index in [9.17, 15) is 9.59 Å². The molecule has 0 radical (unpaired) electrons. The van der Waals surface area contributed by atoms with Gasteiger partial charge in [0.15, 0.2) is 12.7 Å². The monoisotopic (exact) mass is 581 g/mol. The van der Waals surface area contributed by atoms with Crippen LogP contribution in [-0.2, 0) is 13.1 Å². The maximum absolute atomic E-state index is 13.4. The number of rotatable bonds is 5. The summed E-state index contributed by atoms with van der Waals surface area (Å²) < 4.78 is 5.56. The van der Waals surface area contributed by atoms with Gasteiger partial charge >= 0.3 is 5.97 Å². The molecule has 9 heteroatoms. The van der Waals surface area contributed by atoms with E-state index in [1.165, 1.54) is 11.3 Å². The zero-order valence-electron chi connectivity index (χ0n) is 19.7. The highest BCUT2D eigenvalue weighted by atomic mass is 79.9. The van der Waals surface area contributed by atoms with E-state index in [0.29, 0.717) is 13.1 Å². The third-order valence-electron chi connectivity index (χ3n) is 5.96. The van der Waals surface area contributed by atoms with Crippen molar-refractivity contribution in [1.29, 1.82) is 0 Å². The summed E-state index contributed by atoms with van der Waals surface area (Å²) in [5.41, 5.74) is 3.37. The van der Waals surface area contributed by atoms with E-state index in [0.717, 1.165) is 36.1 Å². The van der Waals surface area contributed by atoms with Crippen LogP contribution in [0.1, 0.15) is 28.5 Å². The fourth-order valence-electron chi connectivity index (χ4n) is 4.11. The average molecular weight is 583 g/mol. The molecule has 3 heterocycles. The van der Waals surface area contributed by atoms with E-state index in [2.05, 4.69) is 27.7 Å². The fraction of sp³-hybridized carbons (Fsp3) is 0.148. The highest BCUT2D eigenvalue weighted by Gasteiger charge is 2.24. The average Bonchev–Trinajstić information content (AvgIpc) is 3.36. The van der Waals surface area contributed by atoms with Gasteiger partial charge in [0, 0.05) is 42.3 Å². The van der Waals surface area contributed by atoms with Gasteiger partial charge in [-0.1, -0.05) is 36.0 Å². The van der Waals surface area contributed by atoms with Crippen molar-refractivity contribution in [3.05, 3.63) is 109 Å². The van der Waals surface area contributed by atoms with E-state index in [1.807, 2.05) is 67.2 Å². The lowest BCUT2D eigenvalue weighted by molar-refractivity contribution is -0.690. The summed E-state index contributed by atoms with van der Waals surface area (Å²) in [6.07, 6.45) is 4.05. The van der Waals surface area contributed by atoms with Crippen molar-refractivity contribution in [1.82, 2.24) is 4.57 Å². The topological polar surface area (TPSA) is 66.4 Å². The maximum atomic E-state index is 13.4. The molecule has 0 bridgehead atoms. The summed E-state index contributed by atoms with van der Waals surface area (Å²) in [4.78, 5) is 27.8. The number of benzene rings is 2. The molecule has 4 aromatic rings. The second kappa shape index (κ2) is 10.9. The largest absolute Gasteiger partial charge is 1.00 e. The molecule has 0 spiro atoms. The SMILES string of the molecule is CCn1c(=O)/c(=C2\Sc3ccccc3N2C)s/c1=C\c1cccc[n+]1Cc1ccc(C(=O)O)cc1.[Br-]. The molecule has 1 N–H and O–H groups in total. The van der Waals surface area contributed by atoms with Gasteiger partial charge in [-0.05, 0) is 37.3 Å². The second-order valence-electron chi connectivity index (χ2n) is 8.15. The van der Waals surface area contributed by atoms with Crippen LogP contribution >= 0.6 is 23.1 Å². The van der Waals surface area contributed by atoms with Gasteiger partial charge in [0.05, 0.1) is 11.3 Å². The van der Waals surface area contributed by atoms with E-state index >= 15 is 0 Å². The van der Waals surface area contributed by atoms with Gasteiger partial charge in [-0.25, -0.2) is 4.79 Å². The van der Waals surface area contributed by atoms with Crippen molar-refractivity contribution >= 4 is 45.9 Å². The van der Waals surface area contributed by atoms with Crippen LogP contribution in [0.4, 0.5) is 5.69 Å². The molecule has 0 unspecified atom stereocenters. The molecule has 184 valence electrons. The molecule has 1 aliphatic rings. The number of nitrogens with zero attached hydrogens (tertiary/aromatic N) is 3. The summed E-state index contributed by atoms with van der Waals surface area (Å²) in [5.74, 6) is -0.934. The number of carboxylic acids is 1. The molecule has 6 nitrogen and oxygen atoms in total. The Hall–Kier alpha value is -3.14. The number of carboxylic acid groups (broad SMARTS) is 1. The molecule has 5 rings (SSSR count). The van der Waals surface area contributed by atoms with Crippen molar-refractivity contribution in [3.63, 3.8) is 0 Å². The first kappa shape index (κ1) is 25.9. The van der Waals surface area contributed by atoms with Crippen molar-refractivity contribution < 1.29 is 31.4 Å². The predicted octanol–water partition coefficient (Wildman–Crippen LogP) is 0.104. The van der Waals surface area contributed by atoms with Crippen molar-refractivity contribution in [2.75, 3.05) is 11.9 Å². The number of anilines is 1. The van der Waals surface area contributed by atoms with Crippen LogP contribution in [0.25, 0.3) is 11.1 Å². The first-order chi connectivity index (χ1) is 17.0. The summed E-state index contributed by atoms with van der Waals surface area (Å²) in [7, 11) is 2.01. The maximum Gasteiger partial charge on any atom is 0.335 e. The molecule has 2 aromatic carbocycles. The number of hydrogen-bond donors (Lipinski definition) is 1. The Morgan fingerprint density at radius 1 is 1.06 bits per heavy atom. The van der Waals surface area contributed by atoms with Gasteiger partial charge in [-0.15, -0.1) is 11.3 Å². The molecule has 0 atom stereocenters. The van der Waals surface area contributed by atoms with E-state index in [1.54, 1.807) is 23.9 Å². The van der Waals surface area contributed by atoms with Crippen molar-refractivity contribution in [2.24, 2.45) is 0 Å². The predicted molar refractivity (Wildman–Crippen MR) is 140 cm³/mol. The number of hydrogen-bond acceptors (Lipinski definition) is 5. The third kappa shape index (κ3) is 4.91. The van der Waals surface area contributed by atoms with Crippen LogP contribution in [0.3, 0.4) is 0 Å². The molecule has 0 fully saturated rings. The molecule has 36 heavy (non-hydrogen) atoms. The van der Waals surface area contributed by atoms with E-state index in [4.69, 9.17) is 5.11 Å². The Morgan fingerprint density at radius 3 is 2.47 bits per heavy atom. The van der Waals surface area contributed by atoms with Crippen molar-refractivity contribution in [2.45, 2.75) is 24.9 Å². The van der Waals surface area contributed by atoms with Crippen molar-refractivity contribution in [3.8, 4) is 0 Å². The number of aromatic nitrogens is 2. The van der Waals surface area contributed by atoms with Crippen LogP contribution < -0.4 is 41.2 Å². The zero-order chi connectivity index (χ0) is 24.5. The third-order valence-corrected chi connectivity index (χ3v) is 8.45. The fourth-order valence-corrected chi connectivity index (χ4v) is 6.57. The molecule has 0 saturated carbocycles. The minimum atomic E-state index is -0.934. The van der Waals surface area contributed by atoms with Gasteiger partial charge in [-0.2, -0.15) is 4.57 Å². The van der Waals surface area contributed by atoms with Gasteiger partial charge in [0.2, 0.25) is 5.69 Å². The normalized spacial score (nSPS) is 14.5.